The number of nitrogen functional groups attached to an aromatic ring is 8. The van der Waals surface area contributed by atoms with Gasteiger partial charge in [0.2, 0.25) is 0 Å². The van der Waals surface area contributed by atoms with Crippen LogP contribution in [0.4, 0.5) is 97.5 Å². The van der Waals surface area contributed by atoms with Gasteiger partial charge in [-0.2, -0.15) is 28.4 Å². The summed E-state index contributed by atoms with van der Waals surface area (Å²) in [5.41, 5.74) is 56.8. The molecule has 6 heterocycles. The molecule has 0 bridgehead atoms. The molecule has 0 aliphatic carbocycles. The summed E-state index contributed by atoms with van der Waals surface area (Å²) in [7, 11) is 11.8. The lowest BCUT2D eigenvalue weighted by Gasteiger charge is -2.07. The molecule has 0 radical (unpaired) electrons. The van der Waals surface area contributed by atoms with Gasteiger partial charge in [0.05, 0.1) is 141 Å². The van der Waals surface area contributed by atoms with Crippen molar-refractivity contribution in [2.45, 2.75) is 96.7 Å². The number of nitrogens with one attached hydrogen (secondary N) is 3. The molecule has 138 heavy (non-hydrogen) atoms. The van der Waals surface area contributed by atoms with Crippen molar-refractivity contribution in [3.05, 3.63) is 256 Å². The standard InChI is InChI=1S/C34H38N12.2C34H36N10O2/c1-43-17-19-45(33(43)41-39-29-21-27(35)31(37)25-13-7-5-11-23(25)29)15-9-3-4-10-16-46-20-18-44(2)34(46)42-40-30-22-28(36)32(38)26-14-8-6-12-24(26)30;1-41-17-19-43(33(41)39-37-31-25-13-7-5-11-23(25)21-27(45)29(31)35)15-9-3-4-10-16-44-20-18-42(2)34(44)40-38-32-26-14-8-6-12-24(26)22-28(46)30(32)36;1-41-17-19-43(33(41)39-37-31-13-11-29(35)27-21-23(45)7-9-25(27)31)15-5-3-4-6-16-44-20-18-42(2)34(44)40-38-32-14-12-30(36)28-22-24(46)8-10-26(28)32/h5-8,11-14,17-22,37-38H,3-4,9-10,15-16H2,1-2H3,(H4,35,36,39,40);5-8,11-14,17-22,35-36H,3-4,9-10,15-16H2,1-2H3,(H2,37,38,45,46);7-14,17-22,35-36H,3-6,15-16H2,1-2H3,(H2,37,38,45,46)/p+9. The Morgan fingerprint density at radius 2 is 0.587 bits per heavy atom. The third kappa shape index (κ3) is 21.5. The normalized spacial score (nSPS) is 15.0. The molecule has 0 saturated carbocycles. The molecule has 0 fully saturated rings. The molecule has 3 aromatic heterocycles. The van der Waals surface area contributed by atoms with Crippen LogP contribution in [0.1, 0.15) is 77.0 Å². The van der Waals surface area contributed by atoms with E-state index in [0.29, 0.717) is 74.2 Å². The SMILES string of the molecule is C[N+]1=C(N=Nc2c(N)c(O)cc3ccccc23)[NH+](CCCCCCn2cc[n+](C)c2N=Nc2c(N)c(O)cc3ccccc23)C=C1.C[N+]1=C(N=Nc2cc(N)c(N)c3ccccc23)[NH+](CCCCCCn2cc[n+](C)c2N=Nc2cc(N)c(N)c3ccccc23)C=C1.C[N+]1=C(N=Nc2ccc(N)c3cc(O)ccc23)[NH+](CCCCCCn2cc[n+](C)c2N=Nc2ccc(N)c3cc(O)ccc23)C=C1. The number of aryl methyl sites for hydroxylation is 6. The van der Waals surface area contributed by atoms with Crippen molar-refractivity contribution >= 4 is 180 Å². The summed E-state index contributed by atoms with van der Waals surface area (Å²) in [5.74, 6) is 5.02. The Kier molecular flexibility index (Phi) is 29.4. The van der Waals surface area contributed by atoms with Crippen LogP contribution in [0.3, 0.4) is 0 Å². The number of anilines is 8. The fourth-order valence-corrected chi connectivity index (χ4v) is 17.3. The minimum absolute atomic E-state index is 0.00147. The molecular weight excluding hydrogens is 1740 g/mol. The number of benzene rings is 12. The summed E-state index contributed by atoms with van der Waals surface area (Å²) in [4.78, 5) is 3.46. The molecule has 0 amide bonds. The van der Waals surface area contributed by atoms with Crippen LogP contribution in [0.15, 0.2) is 318 Å². The zero-order valence-electron chi connectivity index (χ0n) is 78.3. The zero-order valence-corrected chi connectivity index (χ0v) is 78.3. The average molecular weight is 1860 g/mol. The highest BCUT2D eigenvalue weighted by Crippen LogP contribution is 2.43. The lowest BCUT2D eigenvalue weighted by atomic mass is 10.1. The van der Waals surface area contributed by atoms with E-state index in [1.54, 1.807) is 60.7 Å². The number of aromatic hydroxyl groups is 4. The number of quaternary nitrogens is 3. The summed E-state index contributed by atoms with van der Waals surface area (Å²) in [6.45, 7) is 5.21. The van der Waals surface area contributed by atoms with Gasteiger partial charge in [-0.1, -0.05) is 132 Å². The lowest BCUT2D eigenvalue weighted by Crippen LogP contribution is -3.09. The van der Waals surface area contributed by atoms with Crippen LogP contribution >= 0.6 is 0 Å². The van der Waals surface area contributed by atoms with Crippen molar-refractivity contribution in [1.82, 2.24) is 13.7 Å². The van der Waals surface area contributed by atoms with Crippen molar-refractivity contribution in [1.29, 1.82) is 0 Å². The molecular formula is C102H119N32O4+9. The number of hydrogen-bond donors (Lipinski definition) is 15. The summed E-state index contributed by atoms with van der Waals surface area (Å²) in [6.07, 6.45) is 37.0. The molecule has 702 valence electrons. The fraction of sp³-hybridized carbons (Fsp3) is 0.235. The first kappa shape index (κ1) is 94.3. The Labute approximate surface area is 797 Å². The van der Waals surface area contributed by atoms with Crippen LogP contribution in [0.5, 0.6) is 23.0 Å². The van der Waals surface area contributed by atoms with Crippen molar-refractivity contribution in [2.75, 3.05) is 86.6 Å². The van der Waals surface area contributed by atoms with Crippen LogP contribution < -0.4 is 74.3 Å². The molecule has 12 aromatic carbocycles. The molecule has 18 rings (SSSR count). The summed E-state index contributed by atoms with van der Waals surface area (Å²) in [6, 6.07) is 55.3. The maximum atomic E-state index is 10.3. The third-order valence-corrected chi connectivity index (χ3v) is 25.1. The third-order valence-electron chi connectivity index (χ3n) is 25.1. The first-order valence-electron chi connectivity index (χ1n) is 46.1. The lowest BCUT2D eigenvalue weighted by molar-refractivity contribution is -0.760. The Morgan fingerprint density at radius 3 is 0.978 bits per heavy atom. The Hall–Kier alpha value is -16.9. The predicted molar refractivity (Wildman–Crippen MR) is 542 cm³/mol. The topological polar surface area (TPSA) is 486 Å². The van der Waals surface area contributed by atoms with Crippen LogP contribution in [0.25, 0.3) is 64.6 Å². The molecule has 23 N–H and O–H groups in total. The second-order valence-corrected chi connectivity index (χ2v) is 34.7. The van der Waals surface area contributed by atoms with E-state index >= 15 is 0 Å². The molecule has 36 heteroatoms. The Balaban J connectivity index is 0.000000150. The minimum Gasteiger partial charge on any atom is -0.508 e. The van der Waals surface area contributed by atoms with Gasteiger partial charge >= 0.3 is 35.7 Å². The molecule has 36 nitrogen and oxygen atoms in total. The molecule has 0 saturated heterocycles. The van der Waals surface area contributed by atoms with E-state index in [1.165, 1.54) is 4.90 Å². The number of guanidine groups is 3. The zero-order chi connectivity index (χ0) is 96.6. The van der Waals surface area contributed by atoms with E-state index in [1.807, 2.05) is 247 Å². The van der Waals surface area contributed by atoms with Crippen LogP contribution in [-0.4, -0.2) is 107 Å². The van der Waals surface area contributed by atoms with Gasteiger partial charge in [0.15, 0.2) is 0 Å². The number of nitrogens with two attached hydrogens (primary N) is 8. The predicted octanol–water partition coefficient (Wildman–Crippen LogP) is 15.7. The molecule has 15 aromatic rings. The maximum absolute atomic E-state index is 10.3. The Bertz CT molecular complexity index is 7520. The number of azo groups is 6. The van der Waals surface area contributed by atoms with Gasteiger partial charge in [0.1, 0.15) is 121 Å². The van der Waals surface area contributed by atoms with Crippen molar-refractivity contribution in [3.8, 4) is 23.0 Å². The second-order valence-electron chi connectivity index (χ2n) is 34.7. The van der Waals surface area contributed by atoms with E-state index in [2.05, 4.69) is 93.7 Å². The first-order chi connectivity index (χ1) is 66.9. The maximum Gasteiger partial charge on any atom is 0.524 e. The number of nitrogens with zero attached hydrogens (tertiary/aromatic N) is 21. The molecule has 3 unspecified atom stereocenters. The van der Waals surface area contributed by atoms with Crippen molar-refractivity contribution < 1.29 is 62.6 Å². The highest BCUT2D eigenvalue weighted by atomic mass is 16.3. The number of hydrogen-bond acceptors (Lipinski definition) is 24. The van der Waals surface area contributed by atoms with Crippen LogP contribution in [0.2, 0.25) is 0 Å². The van der Waals surface area contributed by atoms with E-state index in [-0.39, 0.29) is 34.4 Å². The number of aromatic nitrogens is 6. The molecule has 3 aliphatic rings. The molecule has 3 aliphatic heterocycles. The van der Waals surface area contributed by atoms with E-state index < -0.39 is 0 Å². The number of unbranched alkanes of at least 4 members (excludes halogenated alkanes) is 9. The molecule has 0 spiro atoms. The van der Waals surface area contributed by atoms with Gasteiger partial charge in [-0.25, -0.2) is 27.4 Å². The first-order valence-corrected chi connectivity index (χ1v) is 46.1. The van der Waals surface area contributed by atoms with Gasteiger partial charge in [0.25, 0.3) is 0 Å². The van der Waals surface area contributed by atoms with E-state index in [0.717, 1.165) is 221 Å². The summed E-state index contributed by atoms with van der Waals surface area (Å²) < 4.78 is 18.1. The number of phenols is 4. The minimum atomic E-state index is -0.00658. The van der Waals surface area contributed by atoms with Gasteiger partial charge in [-0.15, -0.1) is 0 Å². The van der Waals surface area contributed by atoms with Gasteiger partial charge in [-0.05, 0) is 169 Å². The van der Waals surface area contributed by atoms with Crippen LogP contribution in [0, 0.1) is 0 Å². The van der Waals surface area contributed by atoms with E-state index in [9.17, 15) is 20.4 Å². The largest absolute Gasteiger partial charge is 0.524 e. The fourth-order valence-electron chi connectivity index (χ4n) is 17.3. The highest BCUT2D eigenvalue weighted by molar-refractivity contribution is 6.07. The average Bonchev–Trinajstić information content (AvgIpc) is 1.72. The van der Waals surface area contributed by atoms with Crippen molar-refractivity contribution in [2.24, 2.45) is 82.5 Å². The van der Waals surface area contributed by atoms with Gasteiger partial charge in [0, 0.05) is 80.6 Å². The van der Waals surface area contributed by atoms with Crippen molar-refractivity contribution in [3.63, 3.8) is 0 Å². The van der Waals surface area contributed by atoms with Crippen LogP contribution in [-0.2, 0) is 40.8 Å². The number of fused-ring (bicyclic) bond motifs is 6. The second kappa shape index (κ2) is 43.0. The summed E-state index contributed by atoms with van der Waals surface area (Å²) >= 11 is 0. The highest BCUT2D eigenvalue weighted by Gasteiger charge is 2.35. The Morgan fingerprint density at radius 1 is 0.275 bits per heavy atom. The van der Waals surface area contributed by atoms with E-state index in [4.69, 9.17) is 45.9 Å². The summed E-state index contributed by atoms with van der Waals surface area (Å²) in [5, 5.41) is 105. The quantitative estimate of drug-likeness (QED) is 0.00657. The number of imidazole rings is 3. The van der Waals surface area contributed by atoms with Gasteiger partial charge < -0.3 is 66.3 Å². The number of phenolic OH excluding ortho intramolecular Hbond substituents is 4. The number of rotatable bonds is 30. The smallest absolute Gasteiger partial charge is 0.508 e. The monoisotopic (exact) mass is 1860 g/mol. The molecule has 3 atom stereocenters. The van der Waals surface area contributed by atoms with Gasteiger partial charge in [-0.3, -0.25) is 0 Å².